The van der Waals surface area contributed by atoms with Crippen molar-refractivity contribution in [3.63, 3.8) is 0 Å². The zero-order valence-electron chi connectivity index (χ0n) is 8.91. The van der Waals surface area contributed by atoms with Crippen LogP contribution >= 0.6 is 0 Å². The van der Waals surface area contributed by atoms with Crippen LogP contribution in [0.3, 0.4) is 0 Å². The molecule has 0 fully saturated rings. The molecule has 0 aliphatic heterocycles. The number of nitrogens with zero attached hydrogens (tertiary/aromatic N) is 1. The van der Waals surface area contributed by atoms with Gasteiger partial charge >= 0.3 is 0 Å². The van der Waals surface area contributed by atoms with E-state index in [0.29, 0.717) is 12.6 Å². The fraction of sp³-hybridized carbons (Fsp3) is 0.364. The smallest absolute Gasteiger partial charge is 0.179 e. The van der Waals surface area contributed by atoms with Gasteiger partial charge in [-0.05, 0) is 19.2 Å². The zero-order chi connectivity index (χ0) is 12.1. The Hall–Kier alpha value is -1.33. The molecule has 88 valence electrons. The van der Waals surface area contributed by atoms with Gasteiger partial charge in [-0.1, -0.05) is 0 Å². The van der Waals surface area contributed by atoms with E-state index in [1.54, 1.807) is 11.9 Å². The Kier molecular flexibility index (Phi) is 4.52. The van der Waals surface area contributed by atoms with Gasteiger partial charge in [-0.2, -0.15) is 0 Å². The zero-order valence-corrected chi connectivity index (χ0v) is 8.91. The molecule has 1 aromatic rings. The van der Waals surface area contributed by atoms with E-state index in [-0.39, 0.29) is 18.7 Å². The molecule has 0 unspecified atom stereocenters. The van der Waals surface area contributed by atoms with E-state index in [1.807, 2.05) is 0 Å². The topological polar surface area (TPSA) is 40.5 Å². The molecule has 0 aliphatic rings. The second-order valence-corrected chi connectivity index (χ2v) is 3.51. The molecule has 0 saturated heterocycles. The lowest BCUT2D eigenvalue weighted by molar-refractivity contribution is 0.0931. The van der Waals surface area contributed by atoms with E-state index in [1.165, 1.54) is 0 Å². The van der Waals surface area contributed by atoms with Gasteiger partial charge in [0.15, 0.2) is 5.78 Å². The largest absolute Gasteiger partial charge is 0.395 e. The summed E-state index contributed by atoms with van der Waals surface area (Å²) in [4.78, 5) is 13.1. The quantitative estimate of drug-likeness (QED) is 0.768. The van der Waals surface area contributed by atoms with Crippen LogP contribution in [0.1, 0.15) is 10.4 Å². The van der Waals surface area contributed by atoms with Gasteiger partial charge in [0.2, 0.25) is 0 Å². The second-order valence-electron chi connectivity index (χ2n) is 3.51. The lowest BCUT2D eigenvalue weighted by Gasteiger charge is -2.13. The van der Waals surface area contributed by atoms with Crippen molar-refractivity contribution in [2.75, 3.05) is 26.7 Å². The second kappa shape index (κ2) is 5.67. The molecule has 0 radical (unpaired) electrons. The van der Waals surface area contributed by atoms with Crippen molar-refractivity contribution in [1.29, 1.82) is 0 Å². The minimum Gasteiger partial charge on any atom is -0.395 e. The number of rotatable bonds is 5. The summed E-state index contributed by atoms with van der Waals surface area (Å²) in [7, 11) is 1.63. The highest BCUT2D eigenvalue weighted by Gasteiger charge is 2.14. The summed E-state index contributed by atoms with van der Waals surface area (Å²) in [6, 6.07) is 2.85. The van der Waals surface area contributed by atoms with Gasteiger partial charge in [0.1, 0.15) is 11.6 Å². The van der Waals surface area contributed by atoms with Crippen molar-refractivity contribution in [3.05, 3.63) is 35.4 Å². The first kappa shape index (κ1) is 12.7. The lowest BCUT2D eigenvalue weighted by Crippen LogP contribution is -2.29. The Balaban J connectivity index is 2.73. The van der Waals surface area contributed by atoms with E-state index in [9.17, 15) is 13.6 Å². The molecule has 0 amide bonds. The van der Waals surface area contributed by atoms with E-state index in [0.717, 1.165) is 12.1 Å². The summed E-state index contributed by atoms with van der Waals surface area (Å²) in [5.41, 5.74) is -0.133. The van der Waals surface area contributed by atoms with Crippen LogP contribution in [0, 0.1) is 11.6 Å². The summed E-state index contributed by atoms with van der Waals surface area (Å²) in [5, 5.41) is 8.63. The normalized spacial score (nSPS) is 10.8. The lowest BCUT2D eigenvalue weighted by atomic mass is 10.1. The molecule has 5 heteroatoms. The summed E-state index contributed by atoms with van der Waals surface area (Å²) >= 11 is 0. The van der Waals surface area contributed by atoms with Crippen LogP contribution in [0.15, 0.2) is 18.2 Å². The molecule has 0 atom stereocenters. The number of hydrogen-bond acceptors (Lipinski definition) is 3. The molecular formula is C11H13F2NO2. The standard InChI is InChI=1S/C11H13F2NO2/c1-14(4-5-15)7-11(16)9-3-2-8(12)6-10(9)13/h2-3,6,15H,4-5,7H2,1H3. The first-order valence-electron chi connectivity index (χ1n) is 4.82. The number of aliphatic hydroxyl groups excluding tert-OH is 1. The number of halogens is 2. The summed E-state index contributed by atoms with van der Waals surface area (Å²) in [5.74, 6) is -2.01. The first-order valence-corrected chi connectivity index (χ1v) is 4.82. The van der Waals surface area contributed by atoms with Gasteiger partial charge in [0.25, 0.3) is 0 Å². The fourth-order valence-corrected chi connectivity index (χ4v) is 1.30. The van der Waals surface area contributed by atoms with E-state index in [4.69, 9.17) is 5.11 Å². The van der Waals surface area contributed by atoms with E-state index < -0.39 is 17.4 Å². The molecule has 16 heavy (non-hydrogen) atoms. The van der Waals surface area contributed by atoms with Gasteiger partial charge in [-0.15, -0.1) is 0 Å². The van der Waals surface area contributed by atoms with Crippen LogP contribution in [0.2, 0.25) is 0 Å². The van der Waals surface area contributed by atoms with Crippen LogP contribution in [0.5, 0.6) is 0 Å². The Labute approximate surface area is 92.3 Å². The van der Waals surface area contributed by atoms with Crippen molar-refractivity contribution in [2.45, 2.75) is 0 Å². The summed E-state index contributed by atoms with van der Waals surface area (Å²) in [6.45, 7) is 0.243. The van der Waals surface area contributed by atoms with Gasteiger partial charge < -0.3 is 5.11 Å². The maximum absolute atomic E-state index is 13.2. The Morgan fingerprint density at radius 1 is 1.44 bits per heavy atom. The van der Waals surface area contributed by atoms with Crippen molar-refractivity contribution in [3.8, 4) is 0 Å². The van der Waals surface area contributed by atoms with Crippen LogP contribution in [-0.2, 0) is 0 Å². The number of carbonyl (C=O) groups excluding carboxylic acids is 1. The monoisotopic (exact) mass is 229 g/mol. The number of hydrogen-bond donors (Lipinski definition) is 1. The minimum absolute atomic E-state index is 0.0108. The van der Waals surface area contributed by atoms with Gasteiger partial charge in [0.05, 0.1) is 18.7 Å². The molecule has 0 aliphatic carbocycles. The molecule has 3 nitrogen and oxygen atoms in total. The van der Waals surface area contributed by atoms with Gasteiger partial charge in [0, 0.05) is 12.6 Å². The molecule has 1 aromatic carbocycles. The van der Waals surface area contributed by atoms with Gasteiger partial charge in [-0.3, -0.25) is 9.69 Å². The molecular weight excluding hydrogens is 216 g/mol. The predicted molar refractivity (Wildman–Crippen MR) is 55.3 cm³/mol. The Morgan fingerprint density at radius 2 is 2.12 bits per heavy atom. The average Bonchev–Trinajstić information content (AvgIpc) is 2.17. The van der Waals surface area contributed by atoms with E-state index >= 15 is 0 Å². The third kappa shape index (κ3) is 3.36. The van der Waals surface area contributed by atoms with Crippen LogP contribution in [0.25, 0.3) is 0 Å². The SMILES string of the molecule is CN(CCO)CC(=O)c1ccc(F)cc1F. The molecule has 1 N–H and O–H groups in total. The summed E-state index contributed by atoms with van der Waals surface area (Å²) < 4.78 is 25.8. The maximum atomic E-state index is 13.2. The summed E-state index contributed by atoms with van der Waals surface area (Å²) in [6.07, 6.45) is 0. The number of likely N-dealkylation sites (N-methyl/N-ethyl adjacent to an activating group) is 1. The maximum Gasteiger partial charge on any atom is 0.179 e. The highest BCUT2D eigenvalue weighted by Crippen LogP contribution is 2.10. The van der Waals surface area contributed by atoms with E-state index in [2.05, 4.69) is 0 Å². The van der Waals surface area contributed by atoms with Gasteiger partial charge in [-0.25, -0.2) is 8.78 Å². The minimum atomic E-state index is -0.859. The molecule has 0 aromatic heterocycles. The van der Waals surface area contributed by atoms with Crippen LogP contribution < -0.4 is 0 Å². The third-order valence-corrected chi connectivity index (χ3v) is 2.13. The highest BCUT2D eigenvalue weighted by atomic mass is 19.1. The van der Waals surface area contributed by atoms with Crippen molar-refractivity contribution in [2.24, 2.45) is 0 Å². The van der Waals surface area contributed by atoms with Crippen molar-refractivity contribution < 1.29 is 18.7 Å². The molecule has 1 rings (SSSR count). The Bertz CT molecular complexity index is 382. The Morgan fingerprint density at radius 3 is 2.69 bits per heavy atom. The van der Waals surface area contributed by atoms with Crippen LogP contribution in [0.4, 0.5) is 8.78 Å². The third-order valence-electron chi connectivity index (χ3n) is 2.13. The molecule has 0 heterocycles. The van der Waals surface area contributed by atoms with Crippen LogP contribution in [-0.4, -0.2) is 42.5 Å². The average molecular weight is 229 g/mol. The highest BCUT2D eigenvalue weighted by molar-refractivity contribution is 5.97. The molecule has 0 saturated carbocycles. The number of carbonyl (C=O) groups is 1. The predicted octanol–water partition coefficient (Wildman–Crippen LogP) is 1.07. The number of aliphatic hydroxyl groups is 1. The van der Waals surface area contributed by atoms with Crippen molar-refractivity contribution in [1.82, 2.24) is 4.90 Å². The fourth-order valence-electron chi connectivity index (χ4n) is 1.30. The number of benzene rings is 1. The molecule has 0 spiro atoms. The molecule has 0 bridgehead atoms. The number of Topliss-reactive ketones (excluding diaryl/α,β-unsaturated/α-hetero) is 1. The number of ketones is 1. The first-order chi connectivity index (χ1) is 7.54. The van der Waals surface area contributed by atoms with Crippen molar-refractivity contribution >= 4 is 5.78 Å².